The normalized spacial score (nSPS) is 15.2. The summed E-state index contributed by atoms with van der Waals surface area (Å²) in [5, 5.41) is 2.89. The van der Waals surface area contributed by atoms with Gasteiger partial charge in [-0.1, -0.05) is 26.0 Å². The fraction of sp³-hybridized carbons (Fsp3) is 0.350. The quantitative estimate of drug-likeness (QED) is 0.908. The van der Waals surface area contributed by atoms with Crippen LogP contribution in [0.15, 0.2) is 42.5 Å². The lowest BCUT2D eigenvalue weighted by Gasteiger charge is -2.19. The second-order valence-corrected chi connectivity index (χ2v) is 6.79. The van der Waals surface area contributed by atoms with Gasteiger partial charge in [-0.15, -0.1) is 0 Å². The zero-order valence-corrected chi connectivity index (χ0v) is 14.8. The molecular formula is C20H23NO4. The average Bonchev–Trinajstić information content (AvgIpc) is 2.75. The van der Waals surface area contributed by atoms with Crippen LogP contribution in [-0.2, 0) is 0 Å². The topological polar surface area (TPSA) is 56.8 Å². The molecular weight excluding hydrogens is 318 g/mol. The highest BCUT2D eigenvalue weighted by atomic mass is 16.5. The van der Waals surface area contributed by atoms with Crippen LogP contribution in [-0.4, -0.2) is 25.7 Å². The van der Waals surface area contributed by atoms with E-state index in [9.17, 15) is 4.79 Å². The van der Waals surface area contributed by atoms with Gasteiger partial charge in [-0.05, 0) is 37.3 Å². The molecule has 25 heavy (non-hydrogen) atoms. The monoisotopic (exact) mass is 341 g/mol. The molecule has 0 aliphatic carbocycles. The number of ether oxygens (including phenoxy) is 3. The molecule has 1 heterocycles. The average molecular weight is 341 g/mol. The zero-order chi connectivity index (χ0) is 17.9. The molecule has 2 aromatic rings. The van der Waals surface area contributed by atoms with E-state index in [1.54, 1.807) is 18.2 Å². The molecule has 1 aliphatic heterocycles. The second-order valence-electron chi connectivity index (χ2n) is 6.79. The molecule has 0 saturated carbocycles. The fourth-order valence-corrected chi connectivity index (χ4v) is 2.52. The van der Waals surface area contributed by atoms with Gasteiger partial charge in [0.05, 0.1) is 25.5 Å². The summed E-state index contributed by atoms with van der Waals surface area (Å²) in [6.45, 7) is 7.72. The van der Waals surface area contributed by atoms with Crippen molar-refractivity contribution in [1.29, 1.82) is 0 Å². The molecule has 0 saturated heterocycles. The van der Waals surface area contributed by atoms with E-state index in [1.165, 1.54) is 0 Å². The number of anilines is 1. The van der Waals surface area contributed by atoms with Crippen molar-refractivity contribution in [2.75, 3.05) is 25.1 Å². The van der Waals surface area contributed by atoms with E-state index in [1.807, 2.05) is 31.2 Å². The van der Waals surface area contributed by atoms with Gasteiger partial charge >= 0.3 is 0 Å². The number of amides is 1. The molecule has 132 valence electrons. The van der Waals surface area contributed by atoms with Crippen LogP contribution in [0.4, 0.5) is 5.69 Å². The summed E-state index contributed by atoms with van der Waals surface area (Å²) in [6, 6.07) is 12.6. The Labute approximate surface area is 147 Å². The molecule has 0 bridgehead atoms. The Morgan fingerprint density at radius 2 is 1.84 bits per heavy atom. The molecule has 0 spiro atoms. The van der Waals surface area contributed by atoms with Crippen LogP contribution in [0.3, 0.4) is 0 Å². The summed E-state index contributed by atoms with van der Waals surface area (Å²) < 4.78 is 17.2. The number of carbonyl (C=O) groups excluding carboxylic acids is 1. The Bertz CT molecular complexity index is 770. The number of para-hydroxylation sites is 2. The van der Waals surface area contributed by atoms with Crippen LogP contribution in [0, 0.1) is 5.41 Å². The van der Waals surface area contributed by atoms with E-state index in [-0.39, 0.29) is 11.3 Å². The smallest absolute Gasteiger partial charge is 0.255 e. The van der Waals surface area contributed by atoms with Gasteiger partial charge in [0.2, 0.25) is 0 Å². The van der Waals surface area contributed by atoms with Gasteiger partial charge in [0.1, 0.15) is 5.75 Å². The van der Waals surface area contributed by atoms with Crippen molar-refractivity contribution in [1.82, 2.24) is 0 Å². The number of hydrogen-bond donors (Lipinski definition) is 1. The standard InChI is InChI=1S/C20H23NO4/c1-4-23-16-8-6-5-7-15(16)21-19(22)14-9-10-17-18(11-14)25-13-20(2,3)12-24-17/h5-11H,4,12-13H2,1-3H3,(H,21,22). The van der Waals surface area contributed by atoms with Crippen LogP contribution in [0.25, 0.3) is 0 Å². The number of rotatable bonds is 4. The summed E-state index contributed by atoms with van der Waals surface area (Å²) in [4.78, 5) is 12.6. The molecule has 0 aromatic heterocycles. The number of nitrogens with one attached hydrogen (secondary N) is 1. The minimum Gasteiger partial charge on any atom is -0.492 e. The van der Waals surface area contributed by atoms with Crippen molar-refractivity contribution in [3.05, 3.63) is 48.0 Å². The first-order valence-corrected chi connectivity index (χ1v) is 8.41. The largest absolute Gasteiger partial charge is 0.492 e. The Balaban J connectivity index is 1.79. The maximum atomic E-state index is 12.6. The molecule has 2 aromatic carbocycles. The summed E-state index contributed by atoms with van der Waals surface area (Å²) in [6.07, 6.45) is 0. The molecule has 5 heteroatoms. The van der Waals surface area contributed by atoms with Crippen molar-refractivity contribution in [3.63, 3.8) is 0 Å². The van der Waals surface area contributed by atoms with Crippen molar-refractivity contribution in [3.8, 4) is 17.2 Å². The van der Waals surface area contributed by atoms with Gasteiger partial charge in [-0.2, -0.15) is 0 Å². The third-order valence-electron chi connectivity index (χ3n) is 3.88. The van der Waals surface area contributed by atoms with Gasteiger partial charge in [0.25, 0.3) is 5.91 Å². The lowest BCUT2D eigenvalue weighted by atomic mass is 9.97. The van der Waals surface area contributed by atoms with Crippen LogP contribution in [0.1, 0.15) is 31.1 Å². The Morgan fingerprint density at radius 1 is 1.12 bits per heavy atom. The fourth-order valence-electron chi connectivity index (χ4n) is 2.52. The van der Waals surface area contributed by atoms with Crippen molar-refractivity contribution >= 4 is 11.6 Å². The van der Waals surface area contributed by atoms with Crippen LogP contribution >= 0.6 is 0 Å². The lowest BCUT2D eigenvalue weighted by Crippen LogP contribution is -2.26. The third kappa shape index (κ3) is 4.05. The zero-order valence-electron chi connectivity index (χ0n) is 14.8. The van der Waals surface area contributed by atoms with E-state index in [4.69, 9.17) is 14.2 Å². The Kier molecular flexibility index (Phi) is 4.83. The van der Waals surface area contributed by atoms with Crippen molar-refractivity contribution in [2.45, 2.75) is 20.8 Å². The van der Waals surface area contributed by atoms with Gasteiger partial charge in [-0.3, -0.25) is 4.79 Å². The van der Waals surface area contributed by atoms with E-state index >= 15 is 0 Å². The summed E-state index contributed by atoms with van der Waals surface area (Å²) >= 11 is 0. The highest BCUT2D eigenvalue weighted by Gasteiger charge is 2.25. The lowest BCUT2D eigenvalue weighted by molar-refractivity contribution is 0.102. The first-order chi connectivity index (χ1) is 12.0. The highest BCUT2D eigenvalue weighted by molar-refractivity contribution is 6.05. The van der Waals surface area contributed by atoms with Crippen molar-refractivity contribution in [2.24, 2.45) is 5.41 Å². The molecule has 0 radical (unpaired) electrons. The number of carbonyl (C=O) groups is 1. The first-order valence-electron chi connectivity index (χ1n) is 8.41. The maximum absolute atomic E-state index is 12.6. The molecule has 5 nitrogen and oxygen atoms in total. The summed E-state index contributed by atoms with van der Waals surface area (Å²) in [5.74, 6) is 1.68. The molecule has 0 fully saturated rings. The summed E-state index contributed by atoms with van der Waals surface area (Å²) in [7, 11) is 0. The number of fused-ring (bicyclic) bond motifs is 1. The second kappa shape index (κ2) is 7.05. The predicted octanol–water partition coefficient (Wildman–Crippen LogP) is 4.14. The molecule has 0 atom stereocenters. The Hall–Kier alpha value is -2.69. The maximum Gasteiger partial charge on any atom is 0.255 e. The van der Waals surface area contributed by atoms with E-state index < -0.39 is 0 Å². The minimum absolute atomic E-state index is 0.0716. The van der Waals surface area contributed by atoms with Crippen LogP contribution in [0.2, 0.25) is 0 Å². The summed E-state index contributed by atoms with van der Waals surface area (Å²) in [5.41, 5.74) is 1.08. The molecule has 3 rings (SSSR count). The van der Waals surface area contributed by atoms with Crippen molar-refractivity contribution < 1.29 is 19.0 Å². The molecule has 1 N–H and O–H groups in total. The highest BCUT2D eigenvalue weighted by Crippen LogP contribution is 2.34. The minimum atomic E-state index is -0.220. The van der Waals surface area contributed by atoms with Crippen LogP contribution in [0.5, 0.6) is 17.2 Å². The SMILES string of the molecule is CCOc1ccccc1NC(=O)c1ccc2c(c1)OCC(C)(C)CO2. The molecule has 1 aliphatic rings. The van der Waals surface area contributed by atoms with Gasteiger partial charge in [-0.25, -0.2) is 0 Å². The predicted molar refractivity (Wildman–Crippen MR) is 96.8 cm³/mol. The van der Waals surface area contributed by atoms with Gasteiger partial charge in [0, 0.05) is 11.0 Å². The first kappa shape index (κ1) is 17.1. The molecule has 0 unspecified atom stereocenters. The third-order valence-corrected chi connectivity index (χ3v) is 3.88. The van der Waals surface area contributed by atoms with Gasteiger partial charge in [0.15, 0.2) is 11.5 Å². The van der Waals surface area contributed by atoms with Gasteiger partial charge < -0.3 is 19.5 Å². The van der Waals surface area contributed by atoms with Crippen LogP contribution < -0.4 is 19.5 Å². The van der Waals surface area contributed by atoms with E-state index in [2.05, 4.69) is 19.2 Å². The van der Waals surface area contributed by atoms with E-state index in [0.29, 0.717) is 48.3 Å². The number of hydrogen-bond acceptors (Lipinski definition) is 4. The Morgan fingerprint density at radius 3 is 2.60 bits per heavy atom. The molecule has 1 amide bonds. The number of benzene rings is 2. The van der Waals surface area contributed by atoms with E-state index in [0.717, 1.165) is 0 Å².